The Morgan fingerprint density at radius 1 is 0.904 bits per heavy atom. The summed E-state index contributed by atoms with van der Waals surface area (Å²) in [6.07, 6.45) is -8.82. The molecule has 5 rings (SSSR count). The fourth-order valence-corrected chi connectivity index (χ4v) is 11.4. The number of likely N-dealkylation sites (N-methyl/N-ethyl adjacent to an activating group) is 1. The summed E-state index contributed by atoms with van der Waals surface area (Å²) in [7, 11) is 5.24. The average Bonchev–Trinajstić information content (AvgIpc) is 3.35. The van der Waals surface area contributed by atoms with Crippen molar-refractivity contribution in [3.05, 3.63) is 71.3 Å². The molecule has 3 heterocycles. The molecular formula is C56H89N3O14. The maximum absolute atomic E-state index is 14.6. The predicted molar refractivity (Wildman–Crippen MR) is 275 cm³/mol. The van der Waals surface area contributed by atoms with Crippen molar-refractivity contribution in [2.24, 2.45) is 17.8 Å². The molecule has 3 aliphatic heterocycles. The molecule has 1 unspecified atom stereocenters. The summed E-state index contributed by atoms with van der Waals surface area (Å²) < 4.78 is 38.2. The van der Waals surface area contributed by atoms with Crippen molar-refractivity contribution in [3.63, 3.8) is 0 Å². The number of cyclic esters (lactones) is 1. The van der Waals surface area contributed by atoms with Crippen LogP contribution in [-0.2, 0) is 38.0 Å². The Labute approximate surface area is 434 Å². The molecule has 0 bridgehead atoms. The second-order valence-electron chi connectivity index (χ2n) is 22.4. The monoisotopic (exact) mass is 1030 g/mol. The molecule has 19 atom stereocenters. The Balaban J connectivity index is 1.45. The molecule has 3 fully saturated rings. The second-order valence-corrected chi connectivity index (χ2v) is 22.4. The zero-order valence-corrected chi connectivity index (χ0v) is 45.9. The van der Waals surface area contributed by atoms with E-state index in [-0.39, 0.29) is 55.6 Å². The Morgan fingerprint density at radius 3 is 2.19 bits per heavy atom. The largest absolute Gasteiger partial charge is 0.459 e. The van der Waals surface area contributed by atoms with Crippen LogP contribution in [0.3, 0.4) is 0 Å². The van der Waals surface area contributed by atoms with Crippen LogP contribution in [0.25, 0.3) is 0 Å². The van der Waals surface area contributed by atoms with E-state index < -0.39 is 102 Å². The first-order valence-electron chi connectivity index (χ1n) is 26.4. The van der Waals surface area contributed by atoms with E-state index in [2.05, 4.69) is 5.32 Å². The fraction of sp³-hybridized carbons (Fsp3) is 0.732. The van der Waals surface area contributed by atoms with Crippen LogP contribution in [0.5, 0.6) is 0 Å². The first kappa shape index (κ1) is 60.4. The highest BCUT2D eigenvalue weighted by molar-refractivity contribution is 6.09. The van der Waals surface area contributed by atoms with Crippen molar-refractivity contribution in [1.29, 1.82) is 0 Å². The lowest BCUT2D eigenvalue weighted by Crippen LogP contribution is -2.60. The average molecular weight is 1030 g/mol. The molecule has 0 aromatic heterocycles. The van der Waals surface area contributed by atoms with Gasteiger partial charge < -0.3 is 64.2 Å². The van der Waals surface area contributed by atoms with Gasteiger partial charge in [-0.2, -0.15) is 0 Å². The minimum atomic E-state index is -1.95. The Morgan fingerprint density at radius 2 is 1.56 bits per heavy atom. The number of ether oxygens (including phenoxy) is 6. The van der Waals surface area contributed by atoms with E-state index in [1.54, 1.807) is 85.7 Å². The highest BCUT2D eigenvalue weighted by Gasteiger charge is 2.53. The number of methoxy groups -OCH3 is 1. The number of carbonyl (C=O) groups excluding carboxylic acids is 3. The normalized spacial score (nSPS) is 39.0. The number of hydrogen-bond acceptors (Lipinski definition) is 16. The standard InChI is InChI=1S/C56H89N3O14/c1-15-43-56(11,67)48(62)37(7)59(26-20-25-57-51(64)34(4)40-23-19-24-41(28-40)45(60)39-21-17-16-18-22-39)31-32(2)29-54(9,66)50(73-53-46(61)42(58(12)13)27-33(3)69-53)35(5)47(36(6)52(65)71-43)72-44-30-55(10,68-14)49(63)38(8)70-44/h16-19,21-24,28,32-38,42-44,46-50,53,61-63,66-67H,15,20,25-27,29-31H2,1-14H3,(H,57,64)/t32-,33-,34?,35+,36-,37-,38+,42+,43-,44+,46-,47+,48-,49+,50-,53+,54-,55-,56-/m1/s1. The van der Waals surface area contributed by atoms with Gasteiger partial charge in [-0.1, -0.05) is 69.3 Å². The Bertz CT molecular complexity index is 2090. The number of ketones is 1. The second kappa shape index (κ2) is 25.6. The van der Waals surface area contributed by atoms with E-state index in [9.17, 15) is 39.9 Å². The number of carbonyl (C=O) groups is 3. The van der Waals surface area contributed by atoms with Crippen LogP contribution in [0.2, 0.25) is 0 Å². The predicted octanol–water partition coefficient (Wildman–Crippen LogP) is 4.81. The van der Waals surface area contributed by atoms with Crippen molar-refractivity contribution in [2.75, 3.05) is 40.8 Å². The minimum Gasteiger partial charge on any atom is -0.459 e. The van der Waals surface area contributed by atoms with Gasteiger partial charge in [0, 0.05) is 62.3 Å². The summed E-state index contributed by atoms with van der Waals surface area (Å²) >= 11 is 0. The molecule has 2 aromatic rings. The van der Waals surface area contributed by atoms with Crippen LogP contribution in [0, 0.1) is 17.8 Å². The topological polar surface area (TPSA) is 226 Å². The molecule has 3 saturated heterocycles. The number of nitrogens with one attached hydrogen (secondary N) is 1. The third kappa shape index (κ3) is 14.5. The quantitative estimate of drug-likeness (QED) is 0.0800. The number of hydrogen-bond donors (Lipinski definition) is 6. The van der Waals surface area contributed by atoms with Gasteiger partial charge in [-0.3, -0.25) is 19.3 Å². The van der Waals surface area contributed by atoms with Gasteiger partial charge in [-0.25, -0.2) is 0 Å². The smallest absolute Gasteiger partial charge is 0.311 e. The summed E-state index contributed by atoms with van der Waals surface area (Å²) in [5.41, 5.74) is -2.96. The van der Waals surface area contributed by atoms with Crippen LogP contribution in [0.1, 0.15) is 136 Å². The zero-order valence-electron chi connectivity index (χ0n) is 45.9. The zero-order chi connectivity index (χ0) is 54.3. The van der Waals surface area contributed by atoms with Gasteiger partial charge in [0.15, 0.2) is 18.4 Å². The van der Waals surface area contributed by atoms with Crippen LogP contribution in [0.4, 0.5) is 0 Å². The number of rotatable bonds is 15. The molecule has 0 radical (unpaired) electrons. The molecule has 1 amide bonds. The maximum Gasteiger partial charge on any atom is 0.311 e. The summed E-state index contributed by atoms with van der Waals surface area (Å²) in [4.78, 5) is 45.4. The SMILES string of the molecule is CC[C@H]1OC(=O)[C@H](C)[C@@H](O[C@H]2C[C@@](C)(OC)[C@@H](O)[C@H](C)O2)[C@H](C)[C@@H](O[C@@H]2O[C@H](C)C[C@H](N(C)C)[C@H]2O)[C@](C)(O)C[C@@H](C)CN(CCCNC(=O)C(C)c2cccc(C(=O)c3ccccc3)c2)[C@H](C)[C@@H](O)[C@]1(C)O. The maximum atomic E-state index is 14.6. The van der Waals surface area contributed by atoms with Crippen LogP contribution < -0.4 is 5.32 Å². The lowest BCUT2D eigenvalue weighted by atomic mass is 9.77. The molecule has 17 nitrogen and oxygen atoms in total. The highest BCUT2D eigenvalue weighted by Crippen LogP contribution is 2.40. The molecule has 0 aliphatic carbocycles. The van der Waals surface area contributed by atoms with E-state index in [1.807, 2.05) is 62.0 Å². The molecule has 0 spiro atoms. The van der Waals surface area contributed by atoms with E-state index >= 15 is 0 Å². The van der Waals surface area contributed by atoms with E-state index in [1.165, 1.54) is 14.0 Å². The molecule has 2 aromatic carbocycles. The van der Waals surface area contributed by atoms with Crippen molar-refractivity contribution < 1.29 is 68.3 Å². The van der Waals surface area contributed by atoms with Crippen LogP contribution in [-0.4, -0.2) is 184 Å². The fourth-order valence-electron chi connectivity index (χ4n) is 11.4. The Hall–Kier alpha value is -3.43. The third-order valence-corrected chi connectivity index (χ3v) is 16.0. The summed E-state index contributed by atoms with van der Waals surface area (Å²) in [5, 5.41) is 63.3. The minimum absolute atomic E-state index is 0.0889. The van der Waals surface area contributed by atoms with Gasteiger partial charge in [0.05, 0.1) is 47.5 Å². The lowest BCUT2D eigenvalue weighted by molar-refractivity contribution is -0.318. The number of benzene rings is 2. The van der Waals surface area contributed by atoms with E-state index in [0.717, 1.165) is 0 Å². The van der Waals surface area contributed by atoms with Gasteiger partial charge in [-0.05, 0) is 113 Å². The summed E-state index contributed by atoms with van der Waals surface area (Å²) in [5.74, 6) is -3.88. The first-order chi connectivity index (χ1) is 34.2. The summed E-state index contributed by atoms with van der Waals surface area (Å²) in [6, 6.07) is 15.0. The highest BCUT2D eigenvalue weighted by atomic mass is 16.7. The van der Waals surface area contributed by atoms with Crippen molar-refractivity contribution in [1.82, 2.24) is 15.1 Å². The Kier molecular flexibility index (Phi) is 21.2. The van der Waals surface area contributed by atoms with Crippen molar-refractivity contribution in [2.45, 2.75) is 204 Å². The lowest BCUT2D eigenvalue weighted by Gasteiger charge is -2.48. The molecule has 3 aliphatic rings. The molecular weight excluding hydrogens is 939 g/mol. The van der Waals surface area contributed by atoms with Crippen molar-refractivity contribution >= 4 is 17.7 Å². The van der Waals surface area contributed by atoms with Gasteiger partial charge >= 0.3 is 5.97 Å². The molecule has 17 heteroatoms. The van der Waals surface area contributed by atoms with E-state index in [4.69, 9.17) is 28.4 Å². The van der Waals surface area contributed by atoms with Gasteiger partial charge in [0.1, 0.15) is 30.0 Å². The van der Waals surface area contributed by atoms with Gasteiger partial charge in [0.2, 0.25) is 5.91 Å². The number of aliphatic hydroxyl groups excluding tert-OH is 3. The van der Waals surface area contributed by atoms with Crippen molar-refractivity contribution in [3.8, 4) is 0 Å². The van der Waals surface area contributed by atoms with E-state index in [0.29, 0.717) is 42.6 Å². The van der Waals surface area contributed by atoms with Crippen LogP contribution >= 0.6 is 0 Å². The number of nitrogens with zero attached hydrogens (tertiary/aromatic N) is 2. The molecule has 73 heavy (non-hydrogen) atoms. The number of amides is 1. The molecule has 0 saturated carbocycles. The van der Waals surface area contributed by atoms with Gasteiger partial charge in [-0.15, -0.1) is 0 Å². The van der Waals surface area contributed by atoms with Gasteiger partial charge in [0.25, 0.3) is 0 Å². The van der Waals surface area contributed by atoms with Crippen LogP contribution in [0.15, 0.2) is 54.6 Å². The molecule has 6 N–H and O–H groups in total. The number of aliphatic hydroxyl groups is 5. The number of esters is 1. The molecule has 412 valence electrons. The summed E-state index contributed by atoms with van der Waals surface area (Å²) in [6.45, 7) is 20.2. The first-order valence-corrected chi connectivity index (χ1v) is 26.4. The third-order valence-electron chi connectivity index (χ3n) is 16.0.